The van der Waals surface area contributed by atoms with Crippen molar-refractivity contribution in [1.29, 1.82) is 0 Å². The van der Waals surface area contributed by atoms with Gasteiger partial charge in [-0.3, -0.25) is 19.1 Å². The van der Waals surface area contributed by atoms with E-state index in [1.807, 2.05) is 51.4 Å². The van der Waals surface area contributed by atoms with Gasteiger partial charge < -0.3 is 33.6 Å². The summed E-state index contributed by atoms with van der Waals surface area (Å²) in [5, 5.41) is 2.79. The lowest BCUT2D eigenvalue weighted by atomic mass is 10.1. The molecule has 2 N–H and O–H groups in total. The summed E-state index contributed by atoms with van der Waals surface area (Å²) in [6, 6.07) is 0.0517. The van der Waals surface area contributed by atoms with Crippen LogP contribution in [0.3, 0.4) is 0 Å². The van der Waals surface area contributed by atoms with Crippen LogP contribution < -0.4 is 16.6 Å². The van der Waals surface area contributed by atoms with Crippen LogP contribution in [0.5, 0.6) is 0 Å². The summed E-state index contributed by atoms with van der Waals surface area (Å²) in [5.41, 5.74) is -0.954. The maximum atomic E-state index is 12.8. The Kier molecular flexibility index (Phi) is 12.5. The van der Waals surface area contributed by atoms with Crippen LogP contribution in [0.15, 0.2) is 15.8 Å². The van der Waals surface area contributed by atoms with Gasteiger partial charge in [0.1, 0.15) is 25.4 Å². The summed E-state index contributed by atoms with van der Waals surface area (Å²) >= 11 is 0. The van der Waals surface area contributed by atoms with E-state index in [4.69, 9.17) is 26.5 Å². The van der Waals surface area contributed by atoms with Gasteiger partial charge in [0.2, 0.25) is 12.5 Å². The van der Waals surface area contributed by atoms with Gasteiger partial charge in [-0.05, 0) is 55.6 Å². The molecule has 0 bridgehead atoms. The molecule has 1 aliphatic rings. The van der Waals surface area contributed by atoms with E-state index in [2.05, 4.69) is 15.1 Å². The summed E-state index contributed by atoms with van der Waals surface area (Å²) in [5.74, 6) is -0.361. The number of rotatable bonds is 15. The Bertz CT molecular complexity index is 1100. The van der Waals surface area contributed by atoms with Crippen LogP contribution in [0, 0.1) is 13.5 Å². The molecular formula is C25H43N6O7P. The van der Waals surface area contributed by atoms with Gasteiger partial charge >= 0.3 is 5.69 Å². The van der Waals surface area contributed by atoms with Gasteiger partial charge in [0.15, 0.2) is 6.23 Å². The SMILES string of the molecule is [2H]C[C@H]1O[C@@H](n2cc(C)c(=O)[nH]c2=O)[C@H](OCC(=O)NCCN(C)C)[C@@H]1OP(OCC[N+]#[C-])N(C(C)C)C(C)C. The minimum Gasteiger partial charge on any atom is -0.361 e. The molecule has 1 aliphatic heterocycles. The molecule has 1 aromatic rings. The van der Waals surface area contributed by atoms with Crippen LogP contribution in [0.2, 0.25) is 0 Å². The third kappa shape index (κ3) is 9.46. The Morgan fingerprint density at radius 2 is 2.00 bits per heavy atom. The number of amides is 1. The number of nitrogens with one attached hydrogen (secondary N) is 2. The average molecular weight is 572 g/mol. The number of aromatic amines is 1. The number of hydrogen-bond donors (Lipinski definition) is 2. The minimum absolute atomic E-state index is 0.0259. The Morgan fingerprint density at radius 3 is 2.59 bits per heavy atom. The maximum Gasteiger partial charge on any atom is 0.330 e. The Labute approximate surface area is 232 Å². The molecule has 0 radical (unpaired) electrons. The van der Waals surface area contributed by atoms with Crippen molar-refractivity contribution in [3.8, 4) is 0 Å². The second-order valence-corrected chi connectivity index (χ2v) is 11.5. The van der Waals surface area contributed by atoms with E-state index in [1.165, 1.54) is 10.8 Å². The summed E-state index contributed by atoms with van der Waals surface area (Å²) in [6.07, 6.45) is -2.43. The Balaban J connectivity index is 2.44. The lowest BCUT2D eigenvalue weighted by molar-refractivity contribution is -0.132. The number of H-pyrrole nitrogens is 1. The Morgan fingerprint density at radius 1 is 1.31 bits per heavy atom. The number of carbonyl (C=O) groups is 1. The maximum absolute atomic E-state index is 12.8. The van der Waals surface area contributed by atoms with Crippen LogP contribution in [-0.4, -0.2) is 102 Å². The third-order valence-corrected chi connectivity index (χ3v) is 7.99. The van der Waals surface area contributed by atoms with E-state index in [0.29, 0.717) is 13.1 Å². The smallest absolute Gasteiger partial charge is 0.330 e. The van der Waals surface area contributed by atoms with Crippen molar-refractivity contribution in [2.45, 2.75) is 78.1 Å². The molecule has 0 spiro atoms. The summed E-state index contributed by atoms with van der Waals surface area (Å²) < 4.78 is 36.2. The van der Waals surface area contributed by atoms with Crippen molar-refractivity contribution >= 4 is 14.4 Å². The average Bonchev–Trinajstić information content (AvgIpc) is 3.21. The Hall–Kier alpha value is -2.17. The monoisotopic (exact) mass is 571 g/mol. The largest absolute Gasteiger partial charge is 0.361 e. The molecule has 2 heterocycles. The molecule has 0 aromatic carbocycles. The van der Waals surface area contributed by atoms with Crippen molar-refractivity contribution in [2.24, 2.45) is 0 Å². The zero-order valence-corrected chi connectivity index (χ0v) is 24.8. The van der Waals surface area contributed by atoms with Crippen LogP contribution >= 0.6 is 8.53 Å². The molecular weight excluding hydrogens is 527 g/mol. The molecule has 220 valence electrons. The van der Waals surface area contributed by atoms with Crippen molar-refractivity contribution in [3.05, 3.63) is 44.0 Å². The number of aryl methyl sites for hydroxylation is 1. The number of nitrogens with zero attached hydrogens (tertiary/aromatic N) is 4. The van der Waals surface area contributed by atoms with Crippen LogP contribution in [0.25, 0.3) is 4.85 Å². The zero-order valence-electron chi connectivity index (χ0n) is 24.9. The van der Waals surface area contributed by atoms with E-state index < -0.39 is 44.3 Å². The van der Waals surface area contributed by atoms with Gasteiger partial charge in [-0.15, -0.1) is 0 Å². The van der Waals surface area contributed by atoms with E-state index in [9.17, 15) is 14.4 Å². The van der Waals surface area contributed by atoms with Crippen LogP contribution in [0.1, 0.15) is 47.8 Å². The minimum atomic E-state index is -1.74. The first-order valence-corrected chi connectivity index (χ1v) is 14.0. The van der Waals surface area contributed by atoms with Gasteiger partial charge in [-0.2, -0.15) is 0 Å². The van der Waals surface area contributed by atoms with E-state index in [1.54, 1.807) is 6.92 Å². The second kappa shape index (κ2) is 15.6. The molecule has 14 heteroatoms. The fourth-order valence-corrected chi connectivity index (χ4v) is 5.81. The topological polar surface area (TPSA) is 132 Å². The predicted molar refractivity (Wildman–Crippen MR) is 148 cm³/mol. The number of ether oxygens (including phenoxy) is 2. The van der Waals surface area contributed by atoms with Crippen LogP contribution in [0.4, 0.5) is 0 Å². The van der Waals surface area contributed by atoms with Gasteiger partial charge in [-0.25, -0.2) is 16.0 Å². The summed E-state index contributed by atoms with van der Waals surface area (Å²) in [6.45, 7) is 17.5. The first-order chi connectivity index (χ1) is 18.9. The first kappa shape index (κ1) is 31.4. The fourth-order valence-electron chi connectivity index (χ4n) is 4.05. The fraction of sp³-hybridized carbons (Fsp3) is 0.760. The molecule has 2 rings (SSSR count). The quantitative estimate of drug-likeness (QED) is 0.183. The highest BCUT2D eigenvalue weighted by Gasteiger charge is 2.48. The molecule has 1 aromatic heterocycles. The van der Waals surface area contributed by atoms with Crippen molar-refractivity contribution in [2.75, 3.05) is 46.9 Å². The van der Waals surface area contributed by atoms with E-state index in [0.717, 1.165) is 0 Å². The molecule has 1 amide bonds. The van der Waals surface area contributed by atoms with Crippen molar-refractivity contribution < 1.29 is 24.7 Å². The molecule has 1 fully saturated rings. The number of carbonyl (C=O) groups excluding carboxylic acids is 1. The summed E-state index contributed by atoms with van der Waals surface area (Å²) in [4.78, 5) is 45.0. The number of likely N-dealkylation sites (N-methyl/N-ethyl adjacent to an activating group) is 1. The highest BCUT2D eigenvalue weighted by atomic mass is 31.2. The number of aromatic nitrogens is 2. The molecule has 5 atom stereocenters. The molecule has 0 saturated carbocycles. The van der Waals surface area contributed by atoms with Gasteiger partial charge in [0, 0.05) is 38.3 Å². The first-order valence-electron chi connectivity index (χ1n) is 13.6. The molecule has 1 unspecified atom stereocenters. The molecule has 0 aliphatic carbocycles. The lowest BCUT2D eigenvalue weighted by Crippen LogP contribution is -2.43. The van der Waals surface area contributed by atoms with Crippen molar-refractivity contribution in [1.82, 2.24) is 24.4 Å². The normalized spacial score (nSPS) is 22.5. The van der Waals surface area contributed by atoms with Crippen LogP contribution in [-0.2, 0) is 23.3 Å². The van der Waals surface area contributed by atoms with Gasteiger partial charge in [0.25, 0.3) is 14.1 Å². The van der Waals surface area contributed by atoms with E-state index >= 15 is 0 Å². The second-order valence-electron chi connectivity index (χ2n) is 10.1. The highest BCUT2D eigenvalue weighted by Crippen LogP contribution is 2.50. The zero-order chi connectivity index (χ0) is 30.0. The highest BCUT2D eigenvalue weighted by molar-refractivity contribution is 7.44. The third-order valence-electron chi connectivity index (χ3n) is 5.86. The standard InChI is InChI=1S/C25H43N6O7P/c1-16(2)31(17(3)4)39(36-13-11-26-7)38-21-19(6)37-24(30-14-18(5)23(33)28-25(30)34)22(21)35-15-20(32)27-10-12-29(8)9/h14,16-17,19,21-22,24H,10-13,15H2,1-6,8-9H3,(H,27,32)(H,28,33,34)/t19-,21-,22-,24-,39?/m1/s1/i6D. The molecule has 13 nitrogen and oxygen atoms in total. The molecule has 1 saturated heterocycles. The van der Waals surface area contributed by atoms with E-state index in [-0.39, 0.29) is 50.2 Å². The summed E-state index contributed by atoms with van der Waals surface area (Å²) in [7, 11) is 2.05. The predicted octanol–water partition coefficient (Wildman–Crippen LogP) is 1.49. The number of hydrogen-bond acceptors (Lipinski definition) is 9. The lowest BCUT2D eigenvalue weighted by Gasteiger charge is -2.37. The van der Waals surface area contributed by atoms with Gasteiger partial charge in [-0.1, -0.05) is 0 Å². The molecule has 39 heavy (non-hydrogen) atoms. The van der Waals surface area contributed by atoms with Crippen molar-refractivity contribution in [3.63, 3.8) is 0 Å². The van der Waals surface area contributed by atoms with Gasteiger partial charge in [0.05, 0.1) is 6.10 Å².